The SMILES string of the molecule is O=C(COC(=O)[C@@H]1COc2ccccc2O1)c1ccccc1F. The molecule has 118 valence electrons. The quantitative estimate of drug-likeness (QED) is 0.640. The summed E-state index contributed by atoms with van der Waals surface area (Å²) in [4.78, 5) is 23.8. The minimum absolute atomic E-state index is 0.0102. The van der Waals surface area contributed by atoms with Crippen LogP contribution < -0.4 is 9.47 Å². The van der Waals surface area contributed by atoms with E-state index >= 15 is 0 Å². The van der Waals surface area contributed by atoms with Crippen molar-refractivity contribution < 1.29 is 28.2 Å². The lowest BCUT2D eigenvalue weighted by Crippen LogP contribution is -2.38. The molecule has 0 unspecified atom stereocenters. The van der Waals surface area contributed by atoms with Gasteiger partial charge in [-0.15, -0.1) is 0 Å². The molecule has 2 aromatic carbocycles. The van der Waals surface area contributed by atoms with Gasteiger partial charge in [0.25, 0.3) is 0 Å². The molecular formula is C17H13FO5. The summed E-state index contributed by atoms with van der Waals surface area (Å²) >= 11 is 0. The average molecular weight is 316 g/mol. The molecule has 0 N–H and O–H groups in total. The van der Waals surface area contributed by atoms with Gasteiger partial charge in [0.05, 0.1) is 5.56 Å². The van der Waals surface area contributed by atoms with Crippen LogP contribution in [0.15, 0.2) is 48.5 Å². The molecule has 0 saturated carbocycles. The minimum Gasteiger partial charge on any atom is -0.485 e. The van der Waals surface area contributed by atoms with Crippen molar-refractivity contribution in [2.45, 2.75) is 6.10 Å². The van der Waals surface area contributed by atoms with E-state index in [0.717, 1.165) is 0 Å². The maximum Gasteiger partial charge on any atom is 0.351 e. The van der Waals surface area contributed by atoms with Crippen molar-refractivity contribution in [2.24, 2.45) is 0 Å². The van der Waals surface area contributed by atoms with Gasteiger partial charge in [-0.1, -0.05) is 24.3 Å². The van der Waals surface area contributed by atoms with Gasteiger partial charge in [0.1, 0.15) is 12.4 Å². The molecule has 0 amide bonds. The highest BCUT2D eigenvalue weighted by Gasteiger charge is 2.29. The number of Topliss-reactive ketones (excluding diaryl/α,β-unsaturated/α-hetero) is 1. The molecule has 0 saturated heterocycles. The van der Waals surface area contributed by atoms with E-state index in [9.17, 15) is 14.0 Å². The zero-order chi connectivity index (χ0) is 16.2. The van der Waals surface area contributed by atoms with E-state index < -0.39 is 30.3 Å². The van der Waals surface area contributed by atoms with E-state index in [2.05, 4.69) is 0 Å². The second kappa shape index (κ2) is 6.48. The van der Waals surface area contributed by atoms with E-state index in [1.54, 1.807) is 24.3 Å². The van der Waals surface area contributed by atoms with Gasteiger partial charge in [-0.2, -0.15) is 0 Å². The van der Waals surface area contributed by atoms with Crippen molar-refractivity contribution in [3.05, 3.63) is 59.9 Å². The summed E-state index contributed by atoms with van der Waals surface area (Å²) in [5, 5.41) is 0. The molecule has 2 aromatic rings. The number of rotatable bonds is 4. The molecule has 0 aromatic heterocycles. The first-order chi connectivity index (χ1) is 11.1. The Morgan fingerprint density at radius 2 is 1.78 bits per heavy atom. The molecule has 0 fully saturated rings. The topological polar surface area (TPSA) is 61.8 Å². The number of esters is 1. The first kappa shape index (κ1) is 15.0. The van der Waals surface area contributed by atoms with E-state index in [1.807, 2.05) is 0 Å². The van der Waals surface area contributed by atoms with Crippen molar-refractivity contribution in [1.29, 1.82) is 0 Å². The van der Waals surface area contributed by atoms with E-state index in [1.165, 1.54) is 24.3 Å². The van der Waals surface area contributed by atoms with Crippen LogP contribution in [0.3, 0.4) is 0 Å². The first-order valence-corrected chi connectivity index (χ1v) is 6.98. The molecule has 0 aliphatic carbocycles. The number of halogens is 1. The van der Waals surface area contributed by atoms with Crippen LogP contribution in [0, 0.1) is 5.82 Å². The molecule has 1 atom stereocenters. The molecule has 1 aliphatic heterocycles. The Kier molecular flexibility index (Phi) is 4.23. The van der Waals surface area contributed by atoms with Crippen LogP contribution >= 0.6 is 0 Å². The van der Waals surface area contributed by atoms with Crippen molar-refractivity contribution in [3.63, 3.8) is 0 Å². The fourth-order valence-corrected chi connectivity index (χ4v) is 2.13. The van der Waals surface area contributed by atoms with Crippen LogP contribution in [-0.2, 0) is 9.53 Å². The normalized spacial score (nSPS) is 15.8. The van der Waals surface area contributed by atoms with Crippen LogP contribution in [0.4, 0.5) is 4.39 Å². The Labute approximate surface area is 131 Å². The Morgan fingerprint density at radius 3 is 2.57 bits per heavy atom. The number of carbonyl (C=O) groups is 2. The van der Waals surface area contributed by atoms with Gasteiger partial charge in [0, 0.05) is 0 Å². The average Bonchev–Trinajstić information content (AvgIpc) is 2.59. The number of carbonyl (C=O) groups excluding carboxylic acids is 2. The fourth-order valence-electron chi connectivity index (χ4n) is 2.13. The maximum absolute atomic E-state index is 13.5. The molecule has 0 radical (unpaired) electrons. The molecule has 0 bridgehead atoms. The molecule has 3 rings (SSSR count). The molecule has 5 nitrogen and oxygen atoms in total. The number of benzene rings is 2. The summed E-state index contributed by atoms with van der Waals surface area (Å²) in [5.74, 6) is -1.03. The number of ether oxygens (including phenoxy) is 3. The van der Waals surface area contributed by atoms with Crippen molar-refractivity contribution in [2.75, 3.05) is 13.2 Å². The highest BCUT2D eigenvalue weighted by atomic mass is 19.1. The Hall–Kier alpha value is -2.89. The maximum atomic E-state index is 13.5. The van der Waals surface area contributed by atoms with Gasteiger partial charge in [-0.05, 0) is 24.3 Å². The molecular weight excluding hydrogens is 303 g/mol. The first-order valence-electron chi connectivity index (χ1n) is 6.98. The third-order valence-electron chi connectivity index (χ3n) is 3.29. The second-order valence-corrected chi connectivity index (χ2v) is 4.87. The number of hydrogen-bond acceptors (Lipinski definition) is 5. The third kappa shape index (κ3) is 3.31. The number of fused-ring (bicyclic) bond motifs is 1. The highest BCUT2D eigenvalue weighted by Crippen LogP contribution is 2.31. The molecule has 0 spiro atoms. The van der Waals surface area contributed by atoms with Crippen molar-refractivity contribution in [3.8, 4) is 11.5 Å². The van der Waals surface area contributed by atoms with E-state index in [4.69, 9.17) is 14.2 Å². The Bertz CT molecular complexity index is 743. The van der Waals surface area contributed by atoms with Crippen LogP contribution in [0.2, 0.25) is 0 Å². The summed E-state index contributed by atoms with van der Waals surface area (Å²) in [7, 11) is 0. The van der Waals surface area contributed by atoms with Crippen LogP contribution in [0.25, 0.3) is 0 Å². The smallest absolute Gasteiger partial charge is 0.351 e. The Morgan fingerprint density at radius 1 is 1.09 bits per heavy atom. The number of hydrogen-bond donors (Lipinski definition) is 0. The van der Waals surface area contributed by atoms with Crippen LogP contribution in [-0.4, -0.2) is 31.1 Å². The summed E-state index contributed by atoms with van der Waals surface area (Å²) in [6.07, 6.45) is -0.960. The van der Waals surface area contributed by atoms with E-state index in [-0.39, 0.29) is 12.2 Å². The second-order valence-electron chi connectivity index (χ2n) is 4.87. The fraction of sp³-hybridized carbons (Fsp3) is 0.176. The monoisotopic (exact) mass is 316 g/mol. The van der Waals surface area contributed by atoms with Gasteiger partial charge in [-0.3, -0.25) is 4.79 Å². The predicted octanol–water partition coefficient (Wildman–Crippen LogP) is 2.39. The lowest BCUT2D eigenvalue weighted by molar-refractivity contribution is -0.153. The number of para-hydroxylation sites is 2. The minimum atomic E-state index is -0.960. The molecule has 1 heterocycles. The largest absolute Gasteiger partial charge is 0.485 e. The van der Waals surface area contributed by atoms with Gasteiger partial charge in [0.15, 0.2) is 18.1 Å². The lowest BCUT2D eigenvalue weighted by atomic mass is 10.1. The summed E-state index contributed by atoms with van der Waals surface area (Å²) in [5.41, 5.74) is -0.119. The van der Waals surface area contributed by atoms with Crippen molar-refractivity contribution >= 4 is 11.8 Å². The van der Waals surface area contributed by atoms with Gasteiger partial charge in [-0.25, -0.2) is 9.18 Å². The van der Waals surface area contributed by atoms with Gasteiger partial charge in [0.2, 0.25) is 11.9 Å². The van der Waals surface area contributed by atoms with Gasteiger partial charge < -0.3 is 14.2 Å². The van der Waals surface area contributed by atoms with Crippen molar-refractivity contribution in [1.82, 2.24) is 0 Å². The highest BCUT2D eigenvalue weighted by molar-refractivity contribution is 5.98. The van der Waals surface area contributed by atoms with E-state index in [0.29, 0.717) is 11.5 Å². The van der Waals surface area contributed by atoms with Crippen LogP contribution in [0.1, 0.15) is 10.4 Å². The number of ketones is 1. The third-order valence-corrected chi connectivity index (χ3v) is 3.29. The predicted molar refractivity (Wildman–Crippen MR) is 78.0 cm³/mol. The standard InChI is InChI=1S/C17H13FO5/c18-12-6-2-1-5-11(12)13(19)9-22-17(20)16-10-21-14-7-3-4-8-15(14)23-16/h1-8,16H,9-10H2/t16-/m0/s1. The van der Waals surface area contributed by atoms with Gasteiger partial charge >= 0.3 is 5.97 Å². The zero-order valence-electron chi connectivity index (χ0n) is 12.0. The molecule has 23 heavy (non-hydrogen) atoms. The lowest BCUT2D eigenvalue weighted by Gasteiger charge is -2.24. The summed E-state index contributed by atoms with van der Waals surface area (Å²) < 4.78 is 29.3. The molecule has 6 heteroatoms. The summed E-state index contributed by atoms with van der Waals surface area (Å²) in [6, 6.07) is 12.4. The molecule has 1 aliphatic rings. The summed E-state index contributed by atoms with van der Waals surface area (Å²) in [6.45, 7) is -0.564. The Balaban J connectivity index is 1.58. The zero-order valence-corrected chi connectivity index (χ0v) is 12.0. The van der Waals surface area contributed by atoms with Crippen LogP contribution in [0.5, 0.6) is 11.5 Å².